The summed E-state index contributed by atoms with van der Waals surface area (Å²) < 4.78 is 0. The standard InChI is InChI=1S/C11H12N4O2S/c1-6-7(2)18-10(13-6)5-12-11(17)8-3-4-9(16)15-14-8/h3-4H,5H2,1-2H3,(H,12,17)(H,15,16). The first-order valence-corrected chi connectivity index (χ1v) is 6.15. The van der Waals surface area contributed by atoms with Crippen LogP contribution in [0.5, 0.6) is 0 Å². The summed E-state index contributed by atoms with van der Waals surface area (Å²) in [7, 11) is 0. The van der Waals surface area contributed by atoms with E-state index in [0.29, 0.717) is 6.54 Å². The van der Waals surface area contributed by atoms with Crippen LogP contribution in [0.15, 0.2) is 16.9 Å². The fraction of sp³-hybridized carbons (Fsp3) is 0.273. The Morgan fingerprint density at radius 2 is 2.22 bits per heavy atom. The monoisotopic (exact) mass is 264 g/mol. The van der Waals surface area contributed by atoms with E-state index in [-0.39, 0.29) is 17.2 Å². The molecular weight excluding hydrogens is 252 g/mol. The Kier molecular flexibility index (Phi) is 3.52. The minimum atomic E-state index is -0.336. The van der Waals surface area contributed by atoms with E-state index in [1.54, 1.807) is 11.3 Å². The van der Waals surface area contributed by atoms with Gasteiger partial charge in [-0.3, -0.25) is 9.59 Å². The number of carbonyl (C=O) groups excluding carboxylic acids is 1. The van der Waals surface area contributed by atoms with Gasteiger partial charge < -0.3 is 5.32 Å². The first kappa shape index (κ1) is 12.4. The second-order valence-corrected chi connectivity index (χ2v) is 5.03. The lowest BCUT2D eigenvalue weighted by Gasteiger charge is -2.01. The number of hydrogen-bond acceptors (Lipinski definition) is 5. The first-order valence-electron chi connectivity index (χ1n) is 5.33. The van der Waals surface area contributed by atoms with E-state index in [4.69, 9.17) is 0 Å². The van der Waals surface area contributed by atoms with Crippen LogP contribution in [0.25, 0.3) is 0 Å². The smallest absolute Gasteiger partial charge is 0.272 e. The van der Waals surface area contributed by atoms with Gasteiger partial charge in [0.1, 0.15) is 10.7 Å². The molecule has 2 aromatic rings. The molecular formula is C11H12N4O2S. The van der Waals surface area contributed by atoms with Crippen LogP contribution in [-0.2, 0) is 6.54 Å². The largest absolute Gasteiger partial charge is 0.344 e. The molecule has 0 saturated heterocycles. The molecule has 2 rings (SSSR count). The van der Waals surface area contributed by atoms with Crippen molar-refractivity contribution in [1.29, 1.82) is 0 Å². The van der Waals surface area contributed by atoms with Crippen LogP contribution in [0.4, 0.5) is 0 Å². The Bertz CT molecular complexity index is 592. The number of nitrogens with zero attached hydrogens (tertiary/aromatic N) is 2. The van der Waals surface area contributed by atoms with Gasteiger partial charge in [-0.15, -0.1) is 11.3 Å². The molecule has 1 amide bonds. The quantitative estimate of drug-likeness (QED) is 0.857. The molecule has 0 aromatic carbocycles. The zero-order valence-corrected chi connectivity index (χ0v) is 10.8. The number of aromatic amines is 1. The molecule has 2 N–H and O–H groups in total. The molecule has 0 aliphatic rings. The number of nitrogens with one attached hydrogen (secondary N) is 2. The lowest BCUT2D eigenvalue weighted by Crippen LogP contribution is -2.25. The van der Waals surface area contributed by atoms with Crippen molar-refractivity contribution in [2.75, 3.05) is 0 Å². The van der Waals surface area contributed by atoms with Gasteiger partial charge in [-0.1, -0.05) is 0 Å². The van der Waals surface area contributed by atoms with Crippen molar-refractivity contribution in [2.45, 2.75) is 20.4 Å². The molecule has 0 unspecified atom stereocenters. The number of carbonyl (C=O) groups is 1. The second kappa shape index (κ2) is 5.09. The van der Waals surface area contributed by atoms with Gasteiger partial charge in [0.05, 0.1) is 12.2 Å². The minimum absolute atomic E-state index is 0.180. The van der Waals surface area contributed by atoms with Gasteiger partial charge in [0.15, 0.2) is 0 Å². The molecule has 0 aliphatic heterocycles. The Morgan fingerprint density at radius 1 is 1.44 bits per heavy atom. The molecule has 0 bridgehead atoms. The summed E-state index contributed by atoms with van der Waals surface area (Å²) in [5.41, 5.74) is 0.823. The molecule has 0 fully saturated rings. The molecule has 0 atom stereocenters. The lowest BCUT2D eigenvalue weighted by atomic mass is 10.3. The van der Waals surface area contributed by atoms with E-state index in [1.165, 1.54) is 12.1 Å². The van der Waals surface area contributed by atoms with E-state index < -0.39 is 0 Å². The SMILES string of the molecule is Cc1nc(CNC(=O)c2ccc(=O)[nH]n2)sc1C. The zero-order valence-electron chi connectivity index (χ0n) is 9.98. The van der Waals surface area contributed by atoms with E-state index in [9.17, 15) is 9.59 Å². The van der Waals surface area contributed by atoms with E-state index >= 15 is 0 Å². The Hall–Kier alpha value is -2.02. The number of aromatic nitrogens is 3. The summed E-state index contributed by atoms with van der Waals surface area (Å²) in [6, 6.07) is 2.64. The summed E-state index contributed by atoms with van der Waals surface area (Å²) in [4.78, 5) is 28.0. The van der Waals surface area contributed by atoms with Gasteiger partial charge in [-0.2, -0.15) is 5.10 Å². The number of thiazole rings is 1. The molecule has 0 radical (unpaired) electrons. The fourth-order valence-electron chi connectivity index (χ4n) is 1.33. The van der Waals surface area contributed by atoms with Crippen LogP contribution < -0.4 is 10.9 Å². The Balaban J connectivity index is 2.00. The molecule has 18 heavy (non-hydrogen) atoms. The lowest BCUT2D eigenvalue weighted by molar-refractivity contribution is 0.0944. The molecule has 0 aliphatic carbocycles. The normalized spacial score (nSPS) is 10.3. The van der Waals surface area contributed by atoms with Gasteiger partial charge in [0, 0.05) is 10.9 Å². The van der Waals surface area contributed by atoms with Gasteiger partial charge in [0.25, 0.3) is 11.5 Å². The van der Waals surface area contributed by atoms with Crippen LogP contribution in [-0.4, -0.2) is 21.1 Å². The average molecular weight is 264 g/mol. The molecule has 0 saturated carbocycles. The number of aryl methyl sites for hydroxylation is 2. The van der Waals surface area contributed by atoms with Gasteiger partial charge in [-0.05, 0) is 19.9 Å². The minimum Gasteiger partial charge on any atom is -0.344 e. The van der Waals surface area contributed by atoms with Crippen LogP contribution in [0.1, 0.15) is 26.1 Å². The predicted octanol–water partition coefficient (Wildman–Crippen LogP) is 0.773. The van der Waals surface area contributed by atoms with Crippen molar-refractivity contribution in [3.63, 3.8) is 0 Å². The van der Waals surface area contributed by atoms with Gasteiger partial charge >= 0.3 is 0 Å². The maximum absolute atomic E-state index is 11.7. The summed E-state index contributed by atoms with van der Waals surface area (Å²) in [6.07, 6.45) is 0. The van der Waals surface area contributed by atoms with Crippen molar-refractivity contribution >= 4 is 17.2 Å². The number of hydrogen-bond donors (Lipinski definition) is 2. The van der Waals surface area contributed by atoms with Crippen molar-refractivity contribution in [3.8, 4) is 0 Å². The van der Waals surface area contributed by atoms with E-state index in [1.807, 2.05) is 13.8 Å². The molecule has 0 spiro atoms. The third kappa shape index (κ3) is 2.80. The highest BCUT2D eigenvalue weighted by atomic mass is 32.1. The first-order chi connectivity index (χ1) is 8.56. The van der Waals surface area contributed by atoms with Crippen molar-refractivity contribution < 1.29 is 4.79 Å². The zero-order chi connectivity index (χ0) is 13.1. The Labute approximate surface area is 107 Å². The third-order valence-electron chi connectivity index (χ3n) is 2.38. The molecule has 6 nitrogen and oxygen atoms in total. The molecule has 2 heterocycles. The van der Waals surface area contributed by atoms with Crippen LogP contribution in [0.3, 0.4) is 0 Å². The molecule has 7 heteroatoms. The van der Waals surface area contributed by atoms with E-state index in [0.717, 1.165) is 15.6 Å². The highest BCUT2D eigenvalue weighted by Crippen LogP contribution is 2.15. The van der Waals surface area contributed by atoms with E-state index in [2.05, 4.69) is 20.5 Å². The molecule has 2 aromatic heterocycles. The number of rotatable bonds is 3. The second-order valence-electron chi connectivity index (χ2n) is 3.74. The predicted molar refractivity (Wildman–Crippen MR) is 67.6 cm³/mol. The topological polar surface area (TPSA) is 87.7 Å². The van der Waals surface area contributed by atoms with Crippen LogP contribution in [0.2, 0.25) is 0 Å². The van der Waals surface area contributed by atoms with Gasteiger partial charge in [0.2, 0.25) is 0 Å². The third-order valence-corrected chi connectivity index (χ3v) is 3.46. The molecule has 94 valence electrons. The average Bonchev–Trinajstić information content (AvgIpc) is 2.67. The maximum atomic E-state index is 11.7. The highest BCUT2D eigenvalue weighted by molar-refractivity contribution is 7.11. The summed E-state index contributed by atoms with van der Waals surface area (Å²) in [5.74, 6) is -0.336. The van der Waals surface area contributed by atoms with Crippen molar-refractivity contribution in [3.05, 3.63) is 43.8 Å². The summed E-state index contributed by atoms with van der Waals surface area (Å²) >= 11 is 1.55. The van der Waals surface area contributed by atoms with Crippen LogP contribution in [0, 0.1) is 13.8 Å². The number of H-pyrrole nitrogens is 1. The Morgan fingerprint density at radius 3 is 2.78 bits per heavy atom. The van der Waals surface area contributed by atoms with Gasteiger partial charge in [-0.25, -0.2) is 10.1 Å². The maximum Gasteiger partial charge on any atom is 0.272 e. The summed E-state index contributed by atoms with van der Waals surface area (Å²) in [6.45, 7) is 4.28. The van der Waals surface area contributed by atoms with Crippen molar-refractivity contribution in [2.24, 2.45) is 0 Å². The van der Waals surface area contributed by atoms with Crippen molar-refractivity contribution in [1.82, 2.24) is 20.5 Å². The highest BCUT2D eigenvalue weighted by Gasteiger charge is 2.09. The summed E-state index contributed by atoms with van der Waals surface area (Å²) in [5, 5.41) is 9.41. The fourth-order valence-corrected chi connectivity index (χ4v) is 2.21. The number of amides is 1. The van der Waals surface area contributed by atoms with Crippen LogP contribution >= 0.6 is 11.3 Å².